The summed E-state index contributed by atoms with van der Waals surface area (Å²) in [6.45, 7) is 0. The van der Waals surface area contributed by atoms with Crippen LogP contribution in [0.4, 0.5) is 8.78 Å². The van der Waals surface area contributed by atoms with Crippen molar-refractivity contribution in [2.24, 2.45) is 0 Å². The maximum Gasteiger partial charge on any atom is 0.150 e. The Bertz CT molecular complexity index is 3810. The van der Waals surface area contributed by atoms with Gasteiger partial charge in [0.1, 0.15) is 22.9 Å². The van der Waals surface area contributed by atoms with E-state index in [1.54, 1.807) is 10.8 Å². The van der Waals surface area contributed by atoms with Crippen molar-refractivity contribution in [3.8, 4) is 45.1 Å². The minimum Gasteiger partial charge on any atom is -0.500 e. The molecule has 9 aromatic carbocycles. The maximum absolute atomic E-state index is 16.7. The van der Waals surface area contributed by atoms with Crippen LogP contribution in [0.25, 0.3) is 111 Å². The average molecular weight is 1030 g/mol. The van der Waals surface area contributed by atoms with Crippen LogP contribution in [0, 0.1) is 23.8 Å². The Kier molecular flexibility index (Phi) is 10.4. The first-order valence-electron chi connectivity index (χ1n) is 21.3. The number of aromatic nitrogens is 4. The number of para-hydroxylation sites is 3. The third-order valence-corrected chi connectivity index (χ3v) is 12.0. The van der Waals surface area contributed by atoms with Gasteiger partial charge in [-0.3, -0.25) is 4.98 Å². The molecule has 4 heterocycles. The van der Waals surface area contributed by atoms with E-state index < -0.39 is 11.6 Å². The monoisotopic (exact) mass is 1030 g/mol. The van der Waals surface area contributed by atoms with E-state index in [1.807, 2.05) is 152 Å². The van der Waals surface area contributed by atoms with Crippen LogP contribution in [-0.4, -0.2) is 19.1 Å². The van der Waals surface area contributed by atoms with Gasteiger partial charge in [-0.2, -0.15) is 0 Å². The molecule has 0 aliphatic heterocycles. The van der Waals surface area contributed by atoms with Crippen molar-refractivity contribution >= 4 is 65.6 Å². The molecule has 0 saturated carbocycles. The summed E-state index contributed by atoms with van der Waals surface area (Å²) in [5.74, 6) is -1.10. The number of nitrogens with zero attached hydrogens (tertiary/aromatic N) is 4. The Morgan fingerprint density at radius 3 is 1.91 bits per heavy atom. The molecule has 0 amide bonds. The number of halogens is 2. The topological polar surface area (TPSA) is 48.8 Å². The number of fused-ring (bicyclic) bond motifs is 9. The predicted molar refractivity (Wildman–Crippen MR) is 258 cm³/mol. The van der Waals surface area contributed by atoms with Gasteiger partial charge in [0.2, 0.25) is 0 Å². The number of hydrogen-bond donors (Lipinski definition) is 0. The van der Waals surface area contributed by atoms with Crippen molar-refractivity contribution < 1.29 is 33.3 Å². The van der Waals surface area contributed by atoms with Crippen molar-refractivity contribution in [2.75, 3.05) is 0 Å². The van der Waals surface area contributed by atoms with Gasteiger partial charge in [-0.05, 0) is 75.7 Å². The molecule has 0 N–H and O–H groups in total. The van der Waals surface area contributed by atoms with Gasteiger partial charge in [-0.25, -0.2) is 8.78 Å². The second-order valence-corrected chi connectivity index (χ2v) is 15.8. The van der Waals surface area contributed by atoms with E-state index in [4.69, 9.17) is 9.40 Å². The van der Waals surface area contributed by atoms with Crippen molar-refractivity contribution in [1.82, 2.24) is 19.1 Å². The molecule has 317 valence electrons. The molecule has 0 atom stereocenters. The average Bonchev–Trinajstić information content (AvgIpc) is 4.05. The van der Waals surface area contributed by atoms with Crippen LogP contribution in [0.1, 0.15) is 0 Å². The van der Waals surface area contributed by atoms with Gasteiger partial charge in [0, 0.05) is 58.9 Å². The SMILES string of the molecule is Fc1cc(-c2ccccc2)cc(F)c1-n1c(-c2[c-]cc(-n3c4ccccc4c4ccccc43)c3c2oc2ccccc23)nc2ccc3ccccc3c21.[Ir].[c-]1ccccc1-c1ccccn1. The summed E-state index contributed by atoms with van der Waals surface area (Å²) in [6, 6.07) is 70.6. The fraction of sp³-hybridized carbons (Fsp3) is 0. The Morgan fingerprint density at radius 2 is 1.20 bits per heavy atom. The largest absolute Gasteiger partial charge is 0.500 e. The van der Waals surface area contributed by atoms with E-state index in [9.17, 15) is 0 Å². The first kappa shape index (κ1) is 40.7. The molecule has 0 aliphatic carbocycles. The van der Waals surface area contributed by atoms with Gasteiger partial charge in [0.05, 0.1) is 22.4 Å². The van der Waals surface area contributed by atoms with Gasteiger partial charge >= 0.3 is 0 Å². The summed E-state index contributed by atoms with van der Waals surface area (Å²) in [5.41, 5.74) is 8.80. The van der Waals surface area contributed by atoms with Gasteiger partial charge in [-0.1, -0.05) is 133 Å². The third kappa shape index (κ3) is 6.78. The molecule has 4 aromatic heterocycles. The van der Waals surface area contributed by atoms with E-state index >= 15 is 8.78 Å². The summed E-state index contributed by atoms with van der Waals surface area (Å²) >= 11 is 0. The van der Waals surface area contributed by atoms with Crippen LogP contribution in [0.2, 0.25) is 0 Å². The first-order chi connectivity index (χ1) is 32.1. The van der Waals surface area contributed by atoms with Gasteiger partial charge in [0.25, 0.3) is 0 Å². The van der Waals surface area contributed by atoms with Crippen LogP contribution in [0.15, 0.2) is 211 Å². The molecule has 0 bridgehead atoms. The minimum absolute atomic E-state index is 0. The van der Waals surface area contributed by atoms with E-state index in [2.05, 4.69) is 58.1 Å². The van der Waals surface area contributed by atoms with Crippen LogP contribution >= 0.6 is 0 Å². The Balaban J connectivity index is 0.000000322. The molecular weight excluding hydrogens is 999 g/mol. The summed E-state index contributed by atoms with van der Waals surface area (Å²) < 4.78 is 43.9. The number of furan rings is 1. The summed E-state index contributed by atoms with van der Waals surface area (Å²) in [5, 5.41) is 5.77. The molecule has 13 rings (SSSR count). The molecular formula is C58H34F2IrN4O-2. The quantitative estimate of drug-likeness (QED) is 0.161. The van der Waals surface area contributed by atoms with E-state index in [0.717, 1.165) is 65.9 Å². The van der Waals surface area contributed by atoms with Crippen molar-refractivity contribution in [1.29, 1.82) is 0 Å². The Labute approximate surface area is 391 Å². The summed E-state index contributed by atoms with van der Waals surface area (Å²) in [7, 11) is 0. The minimum atomic E-state index is -0.708. The number of rotatable bonds is 5. The number of imidazole rings is 1. The Hall–Kier alpha value is -8.03. The Morgan fingerprint density at radius 1 is 0.545 bits per heavy atom. The molecule has 0 saturated heterocycles. The van der Waals surface area contributed by atoms with Crippen LogP contribution in [0.3, 0.4) is 0 Å². The third-order valence-electron chi connectivity index (χ3n) is 12.0. The van der Waals surface area contributed by atoms with E-state index in [1.165, 1.54) is 12.1 Å². The molecule has 1 radical (unpaired) electrons. The normalized spacial score (nSPS) is 11.4. The first-order valence-corrected chi connectivity index (χ1v) is 21.3. The molecule has 0 unspecified atom stereocenters. The predicted octanol–water partition coefficient (Wildman–Crippen LogP) is 15.1. The molecule has 0 spiro atoms. The van der Waals surface area contributed by atoms with Crippen molar-refractivity contribution in [3.63, 3.8) is 0 Å². The molecule has 13 aromatic rings. The molecule has 0 fully saturated rings. The molecule has 0 aliphatic rings. The second kappa shape index (κ2) is 16.8. The smallest absolute Gasteiger partial charge is 0.150 e. The van der Waals surface area contributed by atoms with Crippen molar-refractivity contribution in [2.45, 2.75) is 0 Å². The van der Waals surface area contributed by atoms with E-state index in [-0.39, 0.29) is 25.8 Å². The van der Waals surface area contributed by atoms with Crippen LogP contribution < -0.4 is 0 Å². The molecule has 5 nitrogen and oxygen atoms in total. The van der Waals surface area contributed by atoms with Crippen molar-refractivity contribution in [3.05, 3.63) is 230 Å². The van der Waals surface area contributed by atoms with Gasteiger partial charge in [0.15, 0.2) is 0 Å². The van der Waals surface area contributed by atoms with Crippen LogP contribution in [-0.2, 0) is 20.1 Å². The number of hydrogen-bond acceptors (Lipinski definition) is 3. The number of pyridine rings is 1. The molecule has 8 heteroatoms. The van der Waals surface area contributed by atoms with Gasteiger partial charge < -0.3 is 18.5 Å². The summed E-state index contributed by atoms with van der Waals surface area (Å²) in [6.07, 6.45) is 1.79. The fourth-order valence-electron chi connectivity index (χ4n) is 9.15. The van der Waals surface area contributed by atoms with E-state index in [0.29, 0.717) is 39.2 Å². The maximum atomic E-state index is 16.7. The standard InChI is InChI=1S/C47H26F2N3O.C11H8N.Ir/c48-36-26-30(28-12-2-1-3-13-28)27-37(49)45(36)52-44-31-15-5-4-14-29(31)22-24-38(44)50-47(52)35-23-25-41(43-34-18-8-11-21-42(34)53-46(35)43)51-39-19-9-6-16-32(39)33-17-7-10-20-40(33)51;1-2-6-10(7-3-1)11-8-4-5-9-12-11;/h1-22,24-27H;1-6,8-9H;/q2*-1;. The van der Waals surface area contributed by atoms with Crippen LogP contribution in [0.5, 0.6) is 0 Å². The van der Waals surface area contributed by atoms with Gasteiger partial charge in [-0.15, -0.1) is 48.0 Å². The fourth-order valence-corrected chi connectivity index (χ4v) is 9.15. The zero-order valence-corrected chi connectivity index (χ0v) is 37.3. The zero-order chi connectivity index (χ0) is 43.4. The number of benzene rings is 9. The molecule has 66 heavy (non-hydrogen) atoms. The second-order valence-electron chi connectivity index (χ2n) is 15.8. The summed E-state index contributed by atoms with van der Waals surface area (Å²) in [4.78, 5) is 9.33. The zero-order valence-electron chi connectivity index (χ0n) is 34.9.